The van der Waals surface area contributed by atoms with Gasteiger partial charge in [0.25, 0.3) is 0 Å². The minimum Gasteiger partial charge on any atom is -0.392 e. The second-order valence-electron chi connectivity index (χ2n) is 4.45. The highest BCUT2D eigenvalue weighted by Crippen LogP contribution is 2.42. The fraction of sp³-hybridized carbons (Fsp3) is 0.538. The van der Waals surface area contributed by atoms with Crippen molar-refractivity contribution in [1.82, 2.24) is 0 Å². The van der Waals surface area contributed by atoms with Gasteiger partial charge in [-0.15, -0.1) is 0 Å². The van der Waals surface area contributed by atoms with Gasteiger partial charge in [0.15, 0.2) is 0 Å². The zero-order valence-electron chi connectivity index (χ0n) is 9.07. The van der Waals surface area contributed by atoms with E-state index in [2.05, 4.69) is 0 Å². The van der Waals surface area contributed by atoms with Crippen molar-refractivity contribution in [1.29, 1.82) is 0 Å². The molecule has 1 aliphatic rings. The fourth-order valence-corrected chi connectivity index (χ4v) is 2.32. The van der Waals surface area contributed by atoms with Gasteiger partial charge in [-0.1, -0.05) is 30.7 Å². The van der Waals surface area contributed by atoms with E-state index in [-0.39, 0.29) is 12.5 Å². The minimum atomic E-state index is -2.31. The summed E-state index contributed by atoms with van der Waals surface area (Å²) >= 11 is 0. The van der Waals surface area contributed by atoms with Crippen molar-refractivity contribution in [3.8, 4) is 0 Å². The summed E-state index contributed by atoms with van der Waals surface area (Å²) in [6, 6.07) is 6.95. The number of aliphatic hydroxyl groups is 1. The van der Waals surface area contributed by atoms with Gasteiger partial charge in [0.05, 0.1) is 6.61 Å². The first-order valence-corrected chi connectivity index (χ1v) is 5.70. The molecule has 88 valence electrons. The van der Waals surface area contributed by atoms with Crippen LogP contribution in [-0.2, 0) is 6.61 Å². The fourth-order valence-electron chi connectivity index (χ4n) is 2.32. The molecule has 1 nitrogen and oxygen atoms in total. The predicted octanol–water partition coefficient (Wildman–Crippen LogP) is 3.33. The molecule has 1 unspecified atom stereocenters. The average molecular weight is 226 g/mol. The molecule has 16 heavy (non-hydrogen) atoms. The molecule has 0 bridgehead atoms. The number of alkyl halides is 2. The van der Waals surface area contributed by atoms with Gasteiger partial charge in [0.1, 0.15) is 0 Å². The summed E-state index contributed by atoms with van der Waals surface area (Å²) in [7, 11) is 0. The van der Waals surface area contributed by atoms with Crippen molar-refractivity contribution < 1.29 is 13.9 Å². The van der Waals surface area contributed by atoms with Crippen LogP contribution in [0, 0.1) is 5.92 Å². The van der Waals surface area contributed by atoms with E-state index in [1.54, 1.807) is 24.3 Å². The van der Waals surface area contributed by atoms with Gasteiger partial charge in [0.2, 0.25) is 6.43 Å². The van der Waals surface area contributed by atoms with Crippen LogP contribution >= 0.6 is 0 Å². The highest BCUT2D eigenvalue weighted by molar-refractivity contribution is 5.27. The monoisotopic (exact) mass is 226 g/mol. The van der Waals surface area contributed by atoms with E-state index in [0.29, 0.717) is 11.1 Å². The predicted molar refractivity (Wildman–Crippen MR) is 58.5 cm³/mol. The smallest absolute Gasteiger partial charge is 0.245 e. The average Bonchev–Trinajstić information content (AvgIpc) is 2.22. The minimum absolute atomic E-state index is 0.0888. The molecule has 2 rings (SSSR count). The Labute approximate surface area is 94.1 Å². The lowest BCUT2D eigenvalue weighted by Crippen LogP contribution is -2.25. The third-order valence-corrected chi connectivity index (χ3v) is 3.45. The van der Waals surface area contributed by atoms with Crippen LogP contribution in [0.2, 0.25) is 0 Å². The summed E-state index contributed by atoms with van der Waals surface area (Å²) in [5.74, 6) is -0.533. The molecule has 1 atom stereocenters. The lowest BCUT2D eigenvalue weighted by atomic mass is 9.73. The zero-order chi connectivity index (χ0) is 11.5. The highest BCUT2D eigenvalue weighted by atomic mass is 19.3. The van der Waals surface area contributed by atoms with Crippen molar-refractivity contribution in [2.75, 3.05) is 0 Å². The Kier molecular flexibility index (Phi) is 3.54. The Morgan fingerprint density at radius 1 is 1.31 bits per heavy atom. The summed E-state index contributed by atoms with van der Waals surface area (Å²) in [4.78, 5) is 0. The van der Waals surface area contributed by atoms with Crippen molar-refractivity contribution in [3.63, 3.8) is 0 Å². The summed E-state index contributed by atoms with van der Waals surface area (Å²) in [6.07, 6.45) is 0.559. The van der Waals surface area contributed by atoms with Crippen LogP contribution in [0.3, 0.4) is 0 Å². The molecule has 0 aromatic heterocycles. The first-order valence-electron chi connectivity index (χ1n) is 5.70. The highest BCUT2D eigenvalue weighted by Gasteiger charge is 2.34. The molecule has 0 aliphatic heterocycles. The van der Waals surface area contributed by atoms with Gasteiger partial charge in [-0.05, 0) is 29.9 Å². The van der Waals surface area contributed by atoms with E-state index >= 15 is 0 Å². The molecular weight excluding hydrogens is 210 g/mol. The van der Waals surface area contributed by atoms with Crippen molar-refractivity contribution in [3.05, 3.63) is 35.4 Å². The van der Waals surface area contributed by atoms with Crippen LogP contribution in [0.1, 0.15) is 36.3 Å². The number of benzene rings is 1. The Bertz CT molecular complexity index is 348. The number of hydrogen-bond donors (Lipinski definition) is 1. The number of aliphatic hydroxyl groups excluding tert-OH is 1. The largest absolute Gasteiger partial charge is 0.392 e. The maximum absolute atomic E-state index is 13.0. The van der Waals surface area contributed by atoms with Gasteiger partial charge in [-0.3, -0.25) is 0 Å². The lowest BCUT2D eigenvalue weighted by Gasteiger charge is -2.33. The summed E-state index contributed by atoms with van der Waals surface area (Å²) < 4.78 is 26.1. The van der Waals surface area contributed by atoms with Gasteiger partial charge < -0.3 is 5.11 Å². The maximum atomic E-state index is 13.0. The van der Waals surface area contributed by atoms with E-state index in [1.165, 1.54) is 0 Å². The van der Waals surface area contributed by atoms with E-state index in [0.717, 1.165) is 19.3 Å². The number of halogens is 2. The summed E-state index contributed by atoms with van der Waals surface area (Å²) in [5, 5.41) is 9.00. The molecule has 0 heterocycles. The van der Waals surface area contributed by atoms with Crippen LogP contribution in [0.4, 0.5) is 8.78 Å². The third-order valence-electron chi connectivity index (χ3n) is 3.45. The number of rotatable bonds is 4. The van der Waals surface area contributed by atoms with Crippen LogP contribution < -0.4 is 0 Å². The molecule has 0 radical (unpaired) electrons. The molecule has 0 amide bonds. The first kappa shape index (κ1) is 11.5. The topological polar surface area (TPSA) is 20.2 Å². The van der Waals surface area contributed by atoms with E-state index in [9.17, 15) is 8.78 Å². The van der Waals surface area contributed by atoms with Crippen LogP contribution in [0.15, 0.2) is 24.3 Å². The second kappa shape index (κ2) is 4.91. The molecule has 0 saturated heterocycles. The Morgan fingerprint density at radius 2 is 2.06 bits per heavy atom. The molecule has 3 heteroatoms. The molecule has 1 aromatic rings. The standard InChI is InChI=1S/C13H16F2O/c14-13(15)12(10-4-2-5-10)11-6-1-3-9(7-11)8-16/h1,3,6-7,10,12-13,16H,2,4-5,8H2. The van der Waals surface area contributed by atoms with Crippen LogP contribution in [0.5, 0.6) is 0 Å². The molecule has 1 aromatic carbocycles. The van der Waals surface area contributed by atoms with E-state index < -0.39 is 12.3 Å². The van der Waals surface area contributed by atoms with E-state index in [4.69, 9.17) is 5.11 Å². The molecular formula is C13H16F2O. The van der Waals surface area contributed by atoms with Gasteiger partial charge >= 0.3 is 0 Å². The normalized spacial score (nSPS) is 18.5. The molecule has 1 aliphatic carbocycles. The summed E-state index contributed by atoms with van der Waals surface area (Å²) in [5.41, 5.74) is 1.38. The molecule has 1 saturated carbocycles. The number of hydrogen-bond acceptors (Lipinski definition) is 1. The Morgan fingerprint density at radius 3 is 2.56 bits per heavy atom. The maximum Gasteiger partial charge on any atom is 0.245 e. The van der Waals surface area contributed by atoms with Crippen molar-refractivity contribution in [2.45, 2.75) is 38.2 Å². The van der Waals surface area contributed by atoms with Crippen molar-refractivity contribution >= 4 is 0 Å². The van der Waals surface area contributed by atoms with Crippen LogP contribution in [-0.4, -0.2) is 11.5 Å². The Hall–Kier alpha value is -0.960. The Balaban J connectivity index is 2.23. The quantitative estimate of drug-likeness (QED) is 0.835. The lowest BCUT2D eigenvalue weighted by molar-refractivity contribution is 0.0616. The first-order chi connectivity index (χ1) is 7.72. The molecule has 0 spiro atoms. The van der Waals surface area contributed by atoms with E-state index in [1.807, 2.05) is 0 Å². The molecule has 1 fully saturated rings. The van der Waals surface area contributed by atoms with Gasteiger partial charge in [-0.2, -0.15) is 0 Å². The van der Waals surface area contributed by atoms with Crippen LogP contribution in [0.25, 0.3) is 0 Å². The second-order valence-corrected chi connectivity index (χ2v) is 4.45. The van der Waals surface area contributed by atoms with Crippen molar-refractivity contribution in [2.24, 2.45) is 5.92 Å². The SMILES string of the molecule is OCc1cccc(C(C(F)F)C2CCC2)c1. The molecule has 1 N–H and O–H groups in total. The summed E-state index contributed by atoms with van der Waals surface area (Å²) in [6.45, 7) is -0.0888. The van der Waals surface area contributed by atoms with Gasteiger partial charge in [-0.25, -0.2) is 8.78 Å². The third kappa shape index (κ3) is 2.24. The zero-order valence-corrected chi connectivity index (χ0v) is 9.07. The van der Waals surface area contributed by atoms with Gasteiger partial charge in [0, 0.05) is 5.92 Å².